The summed E-state index contributed by atoms with van der Waals surface area (Å²) in [6.45, 7) is 2.77. The summed E-state index contributed by atoms with van der Waals surface area (Å²) in [5, 5.41) is 4.27. The van der Waals surface area contributed by atoms with Gasteiger partial charge in [0.15, 0.2) is 5.58 Å². The third-order valence-corrected chi connectivity index (χ3v) is 3.53. The summed E-state index contributed by atoms with van der Waals surface area (Å²) in [6, 6.07) is 10.3. The summed E-state index contributed by atoms with van der Waals surface area (Å²) in [6.07, 6.45) is 3.84. The van der Waals surface area contributed by atoms with E-state index in [4.69, 9.17) is 4.42 Å². The molecule has 5 nitrogen and oxygen atoms in total. The van der Waals surface area contributed by atoms with Crippen LogP contribution in [0.3, 0.4) is 0 Å². The van der Waals surface area contributed by atoms with Crippen molar-refractivity contribution in [3.05, 3.63) is 48.6 Å². The lowest BCUT2D eigenvalue weighted by atomic mass is 10.1. The van der Waals surface area contributed by atoms with Crippen molar-refractivity contribution < 1.29 is 4.42 Å². The van der Waals surface area contributed by atoms with Crippen molar-refractivity contribution in [1.82, 2.24) is 19.7 Å². The molecule has 0 aliphatic carbocycles. The smallest absolute Gasteiger partial charge is 0.209 e. The van der Waals surface area contributed by atoms with Gasteiger partial charge in [0.25, 0.3) is 0 Å². The zero-order chi connectivity index (χ0) is 12.7. The summed E-state index contributed by atoms with van der Waals surface area (Å²) in [4.78, 5) is 6.81. The van der Waals surface area contributed by atoms with Gasteiger partial charge in [0, 0.05) is 25.5 Å². The monoisotopic (exact) mass is 254 g/mol. The fourth-order valence-corrected chi connectivity index (χ4v) is 2.51. The van der Waals surface area contributed by atoms with Crippen molar-refractivity contribution >= 4 is 11.1 Å². The minimum Gasteiger partial charge on any atom is -0.439 e. The first kappa shape index (κ1) is 10.8. The van der Waals surface area contributed by atoms with Crippen molar-refractivity contribution in [2.45, 2.75) is 12.6 Å². The van der Waals surface area contributed by atoms with E-state index in [1.807, 2.05) is 47.4 Å². The van der Waals surface area contributed by atoms with Crippen LogP contribution in [0, 0.1) is 0 Å². The van der Waals surface area contributed by atoms with Gasteiger partial charge in [-0.15, -0.1) is 0 Å². The zero-order valence-corrected chi connectivity index (χ0v) is 10.4. The Morgan fingerprint density at radius 3 is 2.89 bits per heavy atom. The number of aromatic nitrogens is 3. The van der Waals surface area contributed by atoms with Crippen LogP contribution in [0.25, 0.3) is 11.1 Å². The van der Waals surface area contributed by atoms with Crippen LogP contribution in [0.5, 0.6) is 0 Å². The number of nitrogens with zero attached hydrogens (tertiary/aromatic N) is 4. The minimum atomic E-state index is 0.486. The maximum atomic E-state index is 5.73. The molecule has 0 spiro atoms. The lowest BCUT2D eigenvalue weighted by Gasteiger charge is -2.38. The van der Waals surface area contributed by atoms with E-state index in [9.17, 15) is 0 Å². The number of oxazole rings is 1. The molecular formula is C14H14N4O. The highest BCUT2D eigenvalue weighted by Crippen LogP contribution is 2.23. The van der Waals surface area contributed by atoms with E-state index in [-0.39, 0.29) is 0 Å². The van der Waals surface area contributed by atoms with Gasteiger partial charge in [0.05, 0.1) is 12.6 Å². The van der Waals surface area contributed by atoms with Crippen LogP contribution < -0.4 is 0 Å². The molecule has 0 unspecified atom stereocenters. The molecule has 2 aromatic heterocycles. The second-order valence-corrected chi connectivity index (χ2v) is 4.91. The second kappa shape index (κ2) is 4.20. The summed E-state index contributed by atoms with van der Waals surface area (Å²) >= 11 is 0. The molecule has 19 heavy (non-hydrogen) atoms. The first-order valence-electron chi connectivity index (χ1n) is 6.44. The maximum absolute atomic E-state index is 5.73. The Kier molecular flexibility index (Phi) is 2.38. The van der Waals surface area contributed by atoms with Gasteiger partial charge < -0.3 is 4.42 Å². The van der Waals surface area contributed by atoms with Gasteiger partial charge in [-0.2, -0.15) is 5.10 Å². The van der Waals surface area contributed by atoms with E-state index in [0.717, 1.165) is 36.6 Å². The largest absolute Gasteiger partial charge is 0.439 e. The lowest BCUT2D eigenvalue weighted by Crippen LogP contribution is -2.47. The molecule has 0 radical (unpaired) electrons. The first-order chi connectivity index (χ1) is 9.38. The molecule has 96 valence electrons. The van der Waals surface area contributed by atoms with Crippen LogP contribution in [-0.4, -0.2) is 32.8 Å². The molecule has 3 heterocycles. The van der Waals surface area contributed by atoms with Crippen LogP contribution >= 0.6 is 0 Å². The molecule has 4 rings (SSSR count). The van der Waals surface area contributed by atoms with E-state index >= 15 is 0 Å². The van der Waals surface area contributed by atoms with E-state index in [0.29, 0.717) is 6.04 Å². The third kappa shape index (κ3) is 1.92. The highest BCUT2D eigenvalue weighted by atomic mass is 16.3. The molecule has 0 bridgehead atoms. The van der Waals surface area contributed by atoms with Gasteiger partial charge >= 0.3 is 0 Å². The number of likely N-dealkylation sites (tertiary alicyclic amines) is 1. The van der Waals surface area contributed by atoms with Crippen molar-refractivity contribution in [3.63, 3.8) is 0 Å². The Bertz CT molecular complexity index is 649. The molecule has 0 N–H and O–H groups in total. The molecular weight excluding hydrogens is 240 g/mol. The second-order valence-electron chi connectivity index (χ2n) is 4.91. The number of benzene rings is 1. The molecule has 0 atom stereocenters. The van der Waals surface area contributed by atoms with Crippen LogP contribution in [0.1, 0.15) is 11.9 Å². The maximum Gasteiger partial charge on any atom is 0.209 e. The van der Waals surface area contributed by atoms with Crippen LogP contribution in [0.15, 0.2) is 47.1 Å². The number of rotatable bonds is 3. The lowest BCUT2D eigenvalue weighted by molar-refractivity contribution is 0.0822. The Hall–Kier alpha value is -2.14. The highest BCUT2D eigenvalue weighted by molar-refractivity contribution is 5.72. The molecule has 5 heteroatoms. The molecule has 1 aliphatic rings. The average Bonchev–Trinajstić information content (AvgIpc) is 3.01. The predicted octanol–water partition coefficient (Wildman–Crippen LogP) is 2.08. The fourth-order valence-electron chi connectivity index (χ4n) is 2.51. The predicted molar refractivity (Wildman–Crippen MR) is 70.6 cm³/mol. The van der Waals surface area contributed by atoms with Gasteiger partial charge in [-0.25, -0.2) is 4.98 Å². The molecule has 3 aromatic rings. The Morgan fingerprint density at radius 2 is 2.11 bits per heavy atom. The number of para-hydroxylation sites is 2. The molecule has 1 saturated heterocycles. The van der Waals surface area contributed by atoms with E-state index in [1.165, 1.54) is 0 Å². The summed E-state index contributed by atoms with van der Waals surface area (Å²) in [5.74, 6) is 0.792. The van der Waals surface area contributed by atoms with Crippen LogP contribution in [0.2, 0.25) is 0 Å². The van der Waals surface area contributed by atoms with Gasteiger partial charge in [0.2, 0.25) is 5.89 Å². The topological polar surface area (TPSA) is 47.1 Å². The third-order valence-electron chi connectivity index (χ3n) is 3.53. The van der Waals surface area contributed by atoms with Crippen LogP contribution in [0.4, 0.5) is 0 Å². The van der Waals surface area contributed by atoms with Crippen molar-refractivity contribution in [2.24, 2.45) is 0 Å². The van der Waals surface area contributed by atoms with Gasteiger partial charge in [-0.3, -0.25) is 9.58 Å². The van der Waals surface area contributed by atoms with E-state index in [1.54, 1.807) is 0 Å². The van der Waals surface area contributed by atoms with Crippen molar-refractivity contribution in [1.29, 1.82) is 0 Å². The number of hydrogen-bond acceptors (Lipinski definition) is 4. The van der Waals surface area contributed by atoms with Gasteiger partial charge in [-0.1, -0.05) is 12.1 Å². The SMILES string of the molecule is c1ccc2oc(CN3CC(n4cccn4)C3)nc2c1. The molecule has 1 fully saturated rings. The Morgan fingerprint density at radius 1 is 1.21 bits per heavy atom. The normalized spacial score (nSPS) is 16.8. The van der Waals surface area contributed by atoms with E-state index in [2.05, 4.69) is 15.0 Å². The first-order valence-corrected chi connectivity index (χ1v) is 6.44. The summed E-state index contributed by atoms with van der Waals surface area (Å²) < 4.78 is 7.74. The highest BCUT2D eigenvalue weighted by Gasteiger charge is 2.29. The van der Waals surface area contributed by atoms with Crippen LogP contribution in [-0.2, 0) is 6.54 Å². The molecule has 1 aliphatic heterocycles. The van der Waals surface area contributed by atoms with Crippen molar-refractivity contribution in [3.8, 4) is 0 Å². The molecule has 0 saturated carbocycles. The quantitative estimate of drug-likeness (QED) is 0.718. The van der Waals surface area contributed by atoms with Crippen molar-refractivity contribution in [2.75, 3.05) is 13.1 Å². The van der Waals surface area contributed by atoms with Gasteiger partial charge in [0.1, 0.15) is 5.52 Å². The minimum absolute atomic E-state index is 0.486. The standard InChI is InChI=1S/C14H14N4O/c1-2-5-13-12(4-1)16-14(19-13)10-17-8-11(9-17)18-7-3-6-15-18/h1-7,11H,8-10H2. The fraction of sp³-hybridized carbons (Fsp3) is 0.286. The van der Waals surface area contributed by atoms with Gasteiger partial charge in [-0.05, 0) is 18.2 Å². The summed E-state index contributed by atoms with van der Waals surface area (Å²) in [5.41, 5.74) is 1.79. The Labute approximate surface area is 110 Å². The average molecular weight is 254 g/mol. The molecule has 0 amide bonds. The number of hydrogen-bond donors (Lipinski definition) is 0. The zero-order valence-electron chi connectivity index (χ0n) is 10.4. The van der Waals surface area contributed by atoms with E-state index < -0.39 is 0 Å². The number of fused-ring (bicyclic) bond motifs is 1. The summed E-state index contributed by atoms with van der Waals surface area (Å²) in [7, 11) is 0. The Balaban J connectivity index is 1.43. The molecule has 1 aromatic carbocycles.